The first-order chi connectivity index (χ1) is 4.35. The third-order valence-electron chi connectivity index (χ3n) is 1.36. The molecule has 0 bridgehead atoms. The zero-order valence-electron chi connectivity index (χ0n) is 5.96. The van der Waals surface area contributed by atoms with E-state index in [9.17, 15) is 0 Å². The maximum absolute atomic E-state index is 7.98. The van der Waals surface area contributed by atoms with E-state index in [-0.39, 0.29) is 8.80 Å². The number of nitrogens with zero attached hydrogens (tertiary/aromatic N) is 3. The molecule has 0 heterocycles. The number of azide groups is 1. The summed E-state index contributed by atoms with van der Waals surface area (Å²) in [5.74, 6) is 0. The number of rotatable bonds is 4. The lowest BCUT2D eigenvalue weighted by Gasteiger charge is -2.02. The standard InChI is InChI=1S/C5H12N3Si/c1-3-9(4-2)5-7-8-6/h3-5H2,1-2H3. The molecule has 9 heavy (non-hydrogen) atoms. The van der Waals surface area contributed by atoms with E-state index in [2.05, 4.69) is 23.9 Å². The Morgan fingerprint density at radius 1 is 1.44 bits per heavy atom. The van der Waals surface area contributed by atoms with Crippen LogP contribution in [-0.2, 0) is 0 Å². The molecule has 0 aliphatic heterocycles. The molecule has 0 aliphatic rings. The molecule has 0 amide bonds. The normalized spacial score (nSPS) is 9.22. The average Bonchev–Trinajstić information content (AvgIpc) is 1.91. The smallest absolute Gasteiger partial charge is 0.0543 e. The SMILES string of the molecule is CC[Si](CC)CN=[N+]=[N-]. The van der Waals surface area contributed by atoms with E-state index < -0.39 is 0 Å². The highest BCUT2D eigenvalue weighted by molar-refractivity contribution is 6.58. The first-order valence-corrected chi connectivity index (χ1v) is 5.31. The van der Waals surface area contributed by atoms with Crippen LogP contribution in [-0.4, -0.2) is 15.0 Å². The Morgan fingerprint density at radius 2 is 2.00 bits per heavy atom. The van der Waals surface area contributed by atoms with Crippen molar-refractivity contribution < 1.29 is 0 Å². The summed E-state index contributed by atoms with van der Waals surface area (Å²) >= 11 is 0. The maximum Gasteiger partial charge on any atom is 0.0543 e. The summed E-state index contributed by atoms with van der Waals surface area (Å²) in [6, 6.07) is 2.42. The van der Waals surface area contributed by atoms with Crippen LogP contribution in [0.1, 0.15) is 13.8 Å². The van der Waals surface area contributed by atoms with Gasteiger partial charge in [-0.1, -0.05) is 31.0 Å². The Kier molecular flexibility index (Phi) is 5.36. The van der Waals surface area contributed by atoms with E-state index in [0.29, 0.717) is 0 Å². The van der Waals surface area contributed by atoms with Crippen molar-refractivity contribution in [3.63, 3.8) is 0 Å². The van der Waals surface area contributed by atoms with Gasteiger partial charge in [0.2, 0.25) is 0 Å². The van der Waals surface area contributed by atoms with E-state index in [1.165, 1.54) is 12.1 Å². The van der Waals surface area contributed by atoms with Crippen LogP contribution < -0.4 is 0 Å². The van der Waals surface area contributed by atoms with Gasteiger partial charge in [-0.15, -0.1) is 0 Å². The third-order valence-corrected chi connectivity index (χ3v) is 3.95. The Hall–Kier alpha value is -0.473. The minimum absolute atomic E-state index is 0.306. The molecule has 0 aliphatic carbocycles. The summed E-state index contributed by atoms with van der Waals surface area (Å²) in [7, 11) is -0.306. The van der Waals surface area contributed by atoms with E-state index in [0.717, 1.165) is 6.17 Å². The molecule has 51 valence electrons. The summed E-state index contributed by atoms with van der Waals surface area (Å²) in [5, 5.41) is 3.54. The summed E-state index contributed by atoms with van der Waals surface area (Å²) in [4.78, 5) is 2.72. The van der Waals surface area contributed by atoms with Crippen molar-refractivity contribution >= 4 is 8.80 Å². The van der Waals surface area contributed by atoms with Gasteiger partial charge in [-0.2, -0.15) is 0 Å². The van der Waals surface area contributed by atoms with E-state index in [1.807, 2.05) is 0 Å². The van der Waals surface area contributed by atoms with Crippen LogP contribution in [0.3, 0.4) is 0 Å². The molecule has 0 aromatic rings. The van der Waals surface area contributed by atoms with Gasteiger partial charge in [0.15, 0.2) is 0 Å². The second-order valence-electron chi connectivity index (χ2n) is 1.85. The van der Waals surface area contributed by atoms with E-state index >= 15 is 0 Å². The van der Waals surface area contributed by atoms with Gasteiger partial charge in [-0.3, -0.25) is 0 Å². The van der Waals surface area contributed by atoms with Crippen LogP contribution in [0.5, 0.6) is 0 Å². The minimum atomic E-state index is -0.306. The van der Waals surface area contributed by atoms with Crippen molar-refractivity contribution in [3.05, 3.63) is 10.4 Å². The molecule has 0 aromatic heterocycles. The molecule has 0 atom stereocenters. The van der Waals surface area contributed by atoms with Gasteiger partial charge in [-0.25, -0.2) is 0 Å². The van der Waals surface area contributed by atoms with E-state index in [4.69, 9.17) is 5.53 Å². The lowest BCUT2D eigenvalue weighted by molar-refractivity contribution is 1.19. The first kappa shape index (κ1) is 8.53. The predicted octanol–water partition coefficient (Wildman–Crippen LogP) is 2.37. The topological polar surface area (TPSA) is 48.8 Å². The summed E-state index contributed by atoms with van der Waals surface area (Å²) in [6.07, 6.45) is 0.758. The Bertz CT molecular complexity index is 105. The van der Waals surface area contributed by atoms with Crippen molar-refractivity contribution in [3.8, 4) is 0 Å². The molecule has 0 unspecified atom stereocenters. The lowest BCUT2D eigenvalue weighted by Crippen LogP contribution is -2.13. The van der Waals surface area contributed by atoms with Gasteiger partial charge in [-0.05, 0) is 5.53 Å². The number of hydrogen-bond acceptors (Lipinski definition) is 1. The maximum atomic E-state index is 7.98. The van der Waals surface area contributed by atoms with Gasteiger partial charge in [0.05, 0.1) is 8.80 Å². The molecule has 0 rings (SSSR count). The van der Waals surface area contributed by atoms with Crippen molar-refractivity contribution in [2.24, 2.45) is 5.11 Å². The second-order valence-corrected chi connectivity index (χ2v) is 5.08. The van der Waals surface area contributed by atoms with Crippen LogP contribution in [0, 0.1) is 0 Å². The Balaban J connectivity index is 3.42. The zero-order valence-corrected chi connectivity index (χ0v) is 6.96. The van der Waals surface area contributed by atoms with Crippen LogP contribution in [0.4, 0.5) is 0 Å². The van der Waals surface area contributed by atoms with Gasteiger partial charge < -0.3 is 0 Å². The van der Waals surface area contributed by atoms with Gasteiger partial charge in [0.25, 0.3) is 0 Å². The fourth-order valence-electron chi connectivity index (χ4n) is 0.605. The summed E-state index contributed by atoms with van der Waals surface area (Å²) in [6.45, 7) is 4.31. The fraction of sp³-hybridized carbons (Fsp3) is 1.00. The number of hydrogen-bond donors (Lipinski definition) is 0. The van der Waals surface area contributed by atoms with Gasteiger partial charge in [0, 0.05) is 11.1 Å². The monoisotopic (exact) mass is 142 g/mol. The summed E-state index contributed by atoms with van der Waals surface area (Å²) < 4.78 is 0. The van der Waals surface area contributed by atoms with Crippen LogP contribution in [0.2, 0.25) is 12.1 Å². The van der Waals surface area contributed by atoms with Crippen molar-refractivity contribution in [1.82, 2.24) is 0 Å². The predicted molar refractivity (Wildman–Crippen MR) is 40.7 cm³/mol. The minimum Gasteiger partial charge on any atom is -0.0971 e. The quantitative estimate of drug-likeness (QED) is 0.250. The molecule has 0 aromatic carbocycles. The fourth-order valence-corrected chi connectivity index (χ4v) is 1.82. The first-order valence-electron chi connectivity index (χ1n) is 3.19. The largest absolute Gasteiger partial charge is 0.0971 e. The Morgan fingerprint density at radius 3 is 2.33 bits per heavy atom. The van der Waals surface area contributed by atoms with Crippen LogP contribution >= 0.6 is 0 Å². The molecular formula is C5H12N3Si. The molecule has 0 saturated carbocycles. The second kappa shape index (κ2) is 5.66. The van der Waals surface area contributed by atoms with Gasteiger partial charge in [0.1, 0.15) is 0 Å². The van der Waals surface area contributed by atoms with Crippen molar-refractivity contribution in [2.75, 3.05) is 6.17 Å². The van der Waals surface area contributed by atoms with Gasteiger partial charge >= 0.3 is 0 Å². The van der Waals surface area contributed by atoms with Crippen LogP contribution in [0.25, 0.3) is 10.4 Å². The molecule has 1 radical (unpaired) electrons. The molecule has 4 heteroatoms. The Labute approximate surface area is 57.3 Å². The van der Waals surface area contributed by atoms with Crippen molar-refractivity contribution in [1.29, 1.82) is 0 Å². The molecular weight excluding hydrogens is 130 g/mol. The molecule has 0 spiro atoms. The molecule has 3 nitrogen and oxygen atoms in total. The highest BCUT2D eigenvalue weighted by atomic mass is 28.3. The lowest BCUT2D eigenvalue weighted by atomic mass is 10.9. The van der Waals surface area contributed by atoms with Crippen molar-refractivity contribution in [2.45, 2.75) is 25.9 Å². The highest BCUT2D eigenvalue weighted by Crippen LogP contribution is 1.97. The third kappa shape index (κ3) is 4.06. The average molecular weight is 142 g/mol. The molecule has 0 fully saturated rings. The van der Waals surface area contributed by atoms with Crippen LogP contribution in [0.15, 0.2) is 5.11 Å². The summed E-state index contributed by atoms with van der Waals surface area (Å²) in [5.41, 5.74) is 7.98. The van der Waals surface area contributed by atoms with E-state index in [1.54, 1.807) is 0 Å². The highest BCUT2D eigenvalue weighted by Gasteiger charge is 2.01. The molecule has 0 saturated heterocycles. The zero-order chi connectivity index (χ0) is 7.11. The molecule has 0 N–H and O–H groups in total.